The summed E-state index contributed by atoms with van der Waals surface area (Å²) in [6, 6.07) is 12.8. The van der Waals surface area contributed by atoms with Crippen molar-refractivity contribution < 1.29 is 4.98 Å². The molecule has 100 valence electrons. The average Bonchev–Trinajstić information content (AvgIpc) is 2.54. The molecule has 1 aliphatic rings. The molecule has 1 aromatic carbocycles. The Hall–Kier alpha value is -1.79. The van der Waals surface area contributed by atoms with Gasteiger partial charge in [-0.15, -0.1) is 0 Å². The Morgan fingerprint density at radius 2 is 1.80 bits per heavy atom. The molecular weight excluding hydrogens is 264 g/mol. The fraction of sp³-hybridized carbons (Fsp3) is 0.294. The lowest BCUT2D eigenvalue weighted by Gasteiger charge is -2.18. The SMILES string of the molecule is CSc1[nH+]c(-c2ccccc2)c2c(c1C#N)CCCC2. The van der Waals surface area contributed by atoms with Gasteiger partial charge in [0.1, 0.15) is 11.6 Å². The minimum absolute atomic E-state index is 0.854. The van der Waals surface area contributed by atoms with Crippen LogP contribution < -0.4 is 4.98 Å². The molecule has 2 aromatic rings. The highest BCUT2D eigenvalue weighted by molar-refractivity contribution is 7.98. The number of thioether (sulfide) groups is 1. The van der Waals surface area contributed by atoms with Crippen molar-refractivity contribution in [1.29, 1.82) is 5.26 Å². The molecular formula is C17H17N2S+. The maximum Gasteiger partial charge on any atom is 0.256 e. The van der Waals surface area contributed by atoms with Gasteiger partial charge in [0, 0.05) is 11.1 Å². The molecule has 0 radical (unpaired) electrons. The number of aromatic nitrogens is 1. The van der Waals surface area contributed by atoms with Crippen molar-refractivity contribution in [3.05, 3.63) is 47.0 Å². The number of pyridine rings is 1. The fourth-order valence-corrected chi connectivity index (χ4v) is 3.55. The van der Waals surface area contributed by atoms with Gasteiger partial charge in [0.05, 0.1) is 0 Å². The summed E-state index contributed by atoms with van der Waals surface area (Å²) in [5, 5.41) is 10.5. The van der Waals surface area contributed by atoms with Crippen molar-refractivity contribution >= 4 is 11.8 Å². The van der Waals surface area contributed by atoms with E-state index in [1.165, 1.54) is 35.2 Å². The molecule has 0 saturated carbocycles. The van der Waals surface area contributed by atoms with Crippen molar-refractivity contribution in [1.82, 2.24) is 0 Å². The molecule has 0 aliphatic heterocycles. The molecule has 1 aliphatic carbocycles. The lowest BCUT2D eigenvalue weighted by molar-refractivity contribution is -0.415. The standard InChI is InChI=1S/C17H16N2S/c1-20-17-15(11-18)13-9-5-6-10-14(13)16(19-17)12-7-3-2-4-8-12/h2-4,7-8H,5-6,9-10H2,1H3/p+1. The Kier molecular flexibility index (Phi) is 3.75. The maximum atomic E-state index is 9.48. The zero-order valence-electron chi connectivity index (χ0n) is 11.6. The second-order valence-electron chi connectivity index (χ2n) is 5.05. The summed E-state index contributed by atoms with van der Waals surface area (Å²) in [6.45, 7) is 0. The van der Waals surface area contributed by atoms with E-state index in [0.717, 1.165) is 23.4 Å². The third-order valence-corrected chi connectivity index (χ3v) is 4.63. The predicted octanol–water partition coefficient (Wildman–Crippen LogP) is 3.64. The first-order chi connectivity index (χ1) is 9.85. The van der Waals surface area contributed by atoms with Gasteiger partial charge < -0.3 is 0 Å². The molecule has 0 bridgehead atoms. The summed E-state index contributed by atoms with van der Waals surface area (Å²) in [4.78, 5) is 3.50. The van der Waals surface area contributed by atoms with Gasteiger partial charge >= 0.3 is 0 Å². The summed E-state index contributed by atoms with van der Waals surface area (Å²) in [6.07, 6.45) is 6.52. The Labute approximate surface area is 123 Å². The van der Waals surface area contributed by atoms with Crippen molar-refractivity contribution in [2.75, 3.05) is 6.26 Å². The first-order valence-electron chi connectivity index (χ1n) is 6.95. The number of aromatic amines is 1. The molecule has 3 heteroatoms. The third-order valence-electron chi connectivity index (χ3n) is 3.92. The molecule has 2 nitrogen and oxygen atoms in total. The van der Waals surface area contributed by atoms with Crippen LogP contribution in [0.2, 0.25) is 0 Å². The quantitative estimate of drug-likeness (QED) is 0.788. The highest BCUT2D eigenvalue weighted by Crippen LogP contribution is 2.33. The first kappa shape index (κ1) is 13.2. The summed E-state index contributed by atoms with van der Waals surface area (Å²) >= 11 is 1.62. The number of hydrogen-bond acceptors (Lipinski definition) is 2. The molecule has 0 fully saturated rings. The van der Waals surface area contributed by atoms with Crippen LogP contribution in [0.3, 0.4) is 0 Å². The third kappa shape index (κ3) is 2.21. The molecule has 0 amide bonds. The number of benzene rings is 1. The Balaban J connectivity index is 2.28. The topological polar surface area (TPSA) is 37.9 Å². The highest BCUT2D eigenvalue weighted by Gasteiger charge is 2.27. The van der Waals surface area contributed by atoms with Crippen LogP contribution in [0.25, 0.3) is 11.3 Å². The van der Waals surface area contributed by atoms with Crippen molar-refractivity contribution in [3.8, 4) is 17.3 Å². The number of hydrogen-bond donors (Lipinski definition) is 0. The minimum atomic E-state index is 0.854. The molecule has 0 unspecified atom stereocenters. The molecule has 0 saturated heterocycles. The summed E-state index contributed by atoms with van der Waals surface area (Å²) in [5.41, 5.74) is 5.87. The number of nitrogens with zero attached hydrogens (tertiary/aromatic N) is 1. The lowest BCUT2D eigenvalue weighted by atomic mass is 9.86. The van der Waals surface area contributed by atoms with E-state index in [2.05, 4.69) is 35.3 Å². The number of nitriles is 1. The van der Waals surface area contributed by atoms with Gasteiger partial charge in [-0.25, -0.2) is 0 Å². The van der Waals surface area contributed by atoms with Gasteiger partial charge in [-0.3, -0.25) is 0 Å². The van der Waals surface area contributed by atoms with E-state index in [1.54, 1.807) is 11.8 Å². The van der Waals surface area contributed by atoms with Crippen LogP contribution in [0.15, 0.2) is 35.4 Å². The summed E-state index contributed by atoms with van der Waals surface area (Å²) in [5.74, 6) is 0. The molecule has 0 spiro atoms. The highest BCUT2D eigenvalue weighted by atomic mass is 32.2. The average molecular weight is 281 g/mol. The summed E-state index contributed by atoms with van der Waals surface area (Å²) < 4.78 is 0. The molecule has 20 heavy (non-hydrogen) atoms. The Bertz CT molecular complexity index is 672. The van der Waals surface area contributed by atoms with Crippen LogP contribution in [-0.2, 0) is 12.8 Å². The first-order valence-corrected chi connectivity index (χ1v) is 8.18. The van der Waals surface area contributed by atoms with Crippen molar-refractivity contribution in [2.24, 2.45) is 0 Å². The van der Waals surface area contributed by atoms with Gasteiger partial charge in [-0.2, -0.15) is 10.2 Å². The maximum absolute atomic E-state index is 9.48. The van der Waals surface area contributed by atoms with Crippen LogP contribution >= 0.6 is 11.8 Å². The zero-order valence-corrected chi connectivity index (χ0v) is 12.4. The van der Waals surface area contributed by atoms with E-state index >= 15 is 0 Å². The van der Waals surface area contributed by atoms with E-state index in [4.69, 9.17) is 0 Å². The normalized spacial score (nSPS) is 13.6. The van der Waals surface area contributed by atoms with E-state index in [9.17, 15) is 5.26 Å². The van der Waals surface area contributed by atoms with Crippen LogP contribution in [0, 0.1) is 11.3 Å². The van der Waals surface area contributed by atoms with E-state index in [1.807, 2.05) is 12.3 Å². The molecule has 0 atom stereocenters. The van der Waals surface area contributed by atoms with Crippen molar-refractivity contribution in [3.63, 3.8) is 0 Å². The lowest BCUT2D eigenvalue weighted by Crippen LogP contribution is -2.21. The van der Waals surface area contributed by atoms with Gasteiger partial charge in [-0.1, -0.05) is 30.0 Å². The number of fused-ring (bicyclic) bond motifs is 1. The molecule has 3 rings (SSSR count). The predicted molar refractivity (Wildman–Crippen MR) is 81.6 cm³/mol. The summed E-state index contributed by atoms with van der Waals surface area (Å²) in [7, 11) is 0. The monoisotopic (exact) mass is 281 g/mol. The smallest absolute Gasteiger partial charge is 0.198 e. The van der Waals surface area contributed by atoms with Crippen LogP contribution in [-0.4, -0.2) is 6.26 Å². The number of rotatable bonds is 2. The molecule has 1 N–H and O–H groups in total. The van der Waals surface area contributed by atoms with E-state index in [0.29, 0.717) is 0 Å². The van der Waals surface area contributed by atoms with Crippen LogP contribution in [0.4, 0.5) is 0 Å². The van der Waals surface area contributed by atoms with E-state index in [-0.39, 0.29) is 0 Å². The van der Waals surface area contributed by atoms with Crippen molar-refractivity contribution in [2.45, 2.75) is 30.7 Å². The minimum Gasteiger partial charge on any atom is -0.198 e. The van der Waals surface area contributed by atoms with Crippen LogP contribution in [0.1, 0.15) is 29.5 Å². The fourth-order valence-electron chi connectivity index (χ4n) is 2.97. The van der Waals surface area contributed by atoms with E-state index < -0.39 is 0 Å². The van der Waals surface area contributed by atoms with Crippen LogP contribution in [0.5, 0.6) is 0 Å². The molecule has 1 aromatic heterocycles. The van der Waals surface area contributed by atoms with Gasteiger partial charge in [0.2, 0.25) is 5.69 Å². The van der Waals surface area contributed by atoms with Gasteiger partial charge in [0.15, 0.2) is 0 Å². The zero-order chi connectivity index (χ0) is 13.9. The number of nitrogens with one attached hydrogen (secondary N) is 1. The second-order valence-corrected chi connectivity index (χ2v) is 5.87. The van der Waals surface area contributed by atoms with Gasteiger partial charge in [0.25, 0.3) is 5.03 Å². The largest absolute Gasteiger partial charge is 0.256 e. The number of H-pyrrole nitrogens is 1. The Morgan fingerprint density at radius 3 is 2.45 bits per heavy atom. The Morgan fingerprint density at radius 1 is 1.10 bits per heavy atom. The second kappa shape index (κ2) is 5.68. The van der Waals surface area contributed by atoms with Gasteiger partial charge in [-0.05, 0) is 49.6 Å². The molecule has 1 heterocycles.